The molecule has 0 heterocycles. The van der Waals surface area contributed by atoms with Crippen LogP contribution in [-0.4, -0.2) is 13.7 Å². The maximum absolute atomic E-state index is 5.17. The normalized spacial score (nSPS) is 21.6. The number of hydrogen-bond donors (Lipinski definition) is 0. The van der Waals surface area contributed by atoms with E-state index in [4.69, 9.17) is 4.74 Å². The Morgan fingerprint density at radius 3 is 2.30 bits per heavy atom. The molecule has 0 aliphatic heterocycles. The third kappa shape index (κ3) is 1.98. The molecule has 0 aromatic heterocycles. The van der Waals surface area contributed by atoms with Crippen molar-refractivity contribution in [3.8, 4) is 0 Å². The summed E-state index contributed by atoms with van der Waals surface area (Å²) in [6, 6.07) is 0. The van der Waals surface area contributed by atoms with E-state index in [0.717, 1.165) is 24.4 Å². The van der Waals surface area contributed by atoms with Crippen LogP contribution in [0.2, 0.25) is 0 Å². The van der Waals surface area contributed by atoms with Crippen molar-refractivity contribution >= 4 is 0 Å². The third-order valence-electron chi connectivity index (χ3n) is 2.44. The summed E-state index contributed by atoms with van der Waals surface area (Å²) in [5.41, 5.74) is 0. The highest BCUT2D eigenvalue weighted by molar-refractivity contribution is 4.82. The van der Waals surface area contributed by atoms with Crippen LogP contribution in [0, 0.1) is 17.8 Å². The highest BCUT2D eigenvalue weighted by atomic mass is 16.5. The summed E-state index contributed by atoms with van der Waals surface area (Å²) >= 11 is 0. The fraction of sp³-hybridized carbons (Fsp3) is 1.00. The van der Waals surface area contributed by atoms with Gasteiger partial charge in [-0.05, 0) is 30.6 Å². The molecule has 1 unspecified atom stereocenters. The monoisotopic (exact) mass is 142 g/mol. The molecule has 0 amide bonds. The lowest BCUT2D eigenvalue weighted by molar-refractivity contribution is 0.117. The number of hydrogen-bond acceptors (Lipinski definition) is 1. The average Bonchev–Trinajstić information content (AvgIpc) is 2.63. The van der Waals surface area contributed by atoms with Crippen LogP contribution in [0.5, 0.6) is 0 Å². The molecule has 0 aromatic rings. The van der Waals surface area contributed by atoms with E-state index in [1.165, 1.54) is 12.8 Å². The number of ether oxygens (including phenoxy) is 1. The van der Waals surface area contributed by atoms with Gasteiger partial charge in [-0.3, -0.25) is 0 Å². The Morgan fingerprint density at radius 2 is 2.00 bits per heavy atom. The lowest BCUT2D eigenvalue weighted by Crippen LogP contribution is -2.16. The fourth-order valence-corrected chi connectivity index (χ4v) is 1.59. The van der Waals surface area contributed by atoms with Gasteiger partial charge in [0, 0.05) is 13.7 Å². The van der Waals surface area contributed by atoms with Crippen molar-refractivity contribution in [2.45, 2.75) is 26.7 Å². The molecule has 1 saturated carbocycles. The van der Waals surface area contributed by atoms with Crippen LogP contribution in [0.3, 0.4) is 0 Å². The molecule has 0 saturated heterocycles. The molecule has 1 heteroatoms. The topological polar surface area (TPSA) is 9.23 Å². The second-order valence-electron chi connectivity index (χ2n) is 3.70. The van der Waals surface area contributed by atoms with Crippen LogP contribution in [0.4, 0.5) is 0 Å². The van der Waals surface area contributed by atoms with Gasteiger partial charge in [-0.2, -0.15) is 0 Å². The summed E-state index contributed by atoms with van der Waals surface area (Å²) in [6.07, 6.45) is 2.87. The molecule has 1 aliphatic carbocycles. The predicted octanol–water partition coefficient (Wildman–Crippen LogP) is 2.32. The zero-order chi connectivity index (χ0) is 7.56. The molecule has 0 bridgehead atoms. The van der Waals surface area contributed by atoms with E-state index < -0.39 is 0 Å². The van der Waals surface area contributed by atoms with Gasteiger partial charge in [0.15, 0.2) is 0 Å². The molecular weight excluding hydrogens is 124 g/mol. The molecule has 1 atom stereocenters. The zero-order valence-electron chi connectivity index (χ0n) is 7.26. The zero-order valence-corrected chi connectivity index (χ0v) is 7.26. The van der Waals surface area contributed by atoms with Gasteiger partial charge in [0.25, 0.3) is 0 Å². The molecule has 10 heavy (non-hydrogen) atoms. The summed E-state index contributed by atoms with van der Waals surface area (Å²) in [6.45, 7) is 5.55. The minimum Gasteiger partial charge on any atom is -0.384 e. The van der Waals surface area contributed by atoms with E-state index in [1.54, 1.807) is 7.11 Å². The van der Waals surface area contributed by atoms with Crippen LogP contribution in [0.1, 0.15) is 26.7 Å². The maximum Gasteiger partial charge on any atom is 0.0495 e. The van der Waals surface area contributed by atoms with Gasteiger partial charge in [-0.1, -0.05) is 13.8 Å². The van der Waals surface area contributed by atoms with Gasteiger partial charge in [0.2, 0.25) is 0 Å². The van der Waals surface area contributed by atoms with Crippen LogP contribution in [-0.2, 0) is 4.74 Å². The first-order valence-electron chi connectivity index (χ1n) is 4.24. The molecule has 1 nitrogen and oxygen atoms in total. The molecule has 60 valence electrons. The van der Waals surface area contributed by atoms with Crippen LogP contribution < -0.4 is 0 Å². The maximum atomic E-state index is 5.17. The van der Waals surface area contributed by atoms with Gasteiger partial charge in [0.05, 0.1) is 0 Å². The molecular formula is C9H18O. The third-order valence-corrected chi connectivity index (χ3v) is 2.44. The van der Waals surface area contributed by atoms with Gasteiger partial charge in [-0.25, -0.2) is 0 Å². The Labute approximate surface area is 63.8 Å². The van der Waals surface area contributed by atoms with Gasteiger partial charge in [-0.15, -0.1) is 0 Å². The second kappa shape index (κ2) is 3.38. The highest BCUT2D eigenvalue weighted by Crippen LogP contribution is 2.40. The lowest BCUT2D eigenvalue weighted by atomic mass is 9.92. The van der Waals surface area contributed by atoms with E-state index in [2.05, 4.69) is 13.8 Å². The Morgan fingerprint density at radius 1 is 1.40 bits per heavy atom. The first-order chi connectivity index (χ1) is 4.75. The van der Waals surface area contributed by atoms with Crippen molar-refractivity contribution in [2.24, 2.45) is 17.8 Å². The Kier molecular flexibility index (Phi) is 2.72. The molecule has 0 N–H and O–H groups in total. The Hall–Kier alpha value is -0.0400. The summed E-state index contributed by atoms with van der Waals surface area (Å²) in [7, 11) is 1.80. The summed E-state index contributed by atoms with van der Waals surface area (Å²) in [5, 5.41) is 0. The van der Waals surface area contributed by atoms with E-state index in [0.29, 0.717) is 0 Å². The van der Waals surface area contributed by atoms with Crippen molar-refractivity contribution in [3.05, 3.63) is 0 Å². The minimum absolute atomic E-state index is 0.799. The number of rotatable bonds is 4. The van der Waals surface area contributed by atoms with E-state index in [1.807, 2.05) is 0 Å². The molecule has 0 radical (unpaired) electrons. The van der Waals surface area contributed by atoms with Gasteiger partial charge < -0.3 is 4.74 Å². The summed E-state index contributed by atoms with van der Waals surface area (Å²) < 4.78 is 5.17. The smallest absolute Gasteiger partial charge is 0.0495 e. The summed E-state index contributed by atoms with van der Waals surface area (Å²) in [5.74, 6) is 2.61. The Bertz CT molecular complexity index is 92.9. The number of methoxy groups -OCH3 is 1. The first kappa shape index (κ1) is 8.06. The SMILES string of the molecule is COCC(C(C)C)C1CC1. The summed E-state index contributed by atoms with van der Waals surface area (Å²) in [4.78, 5) is 0. The van der Waals surface area contributed by atoms with Gasteiger partial charge in [0.1, 0.15) is 0 Å². The van der Waals surface area contributed by atoms with Crippen molar-refractivity contribution in [3.63, 3.8) is 0 Å². The van der Waals surface area contributed by atoms with E-state index >= 15 is 0 Å². The molecule has 0 spiro atoms. The first-order valence-corrected chi connectivity index (χ1v) is 4.24. The fourth-order valence-electron chi connectivity index (χ4n) is 1.59. The standard InChI is InChI=1S/C9H18O/c1-7(2)9(6-10-3)8-4-5-8/h7-9H,4-6H2,1-3H3. The molecule has 0 aromatic carbocycles. The van der Waals surface area contributed by atoms with Crippen LogP contribution in [0.15, 0.2) is 0 Å². The van der Waals surface area contributed by atoms with Crippen molar-refractivity contribution < 1.29 is 4.74 Å². The van der Waals surface area contributed by atoms with Crippen molar-refractivity contribution in [1.29, 1.82) is 0 Å². The quantitative estimate of drug-likeness (QED) is 0.585. The van der Waals surface area contributed by atoms with Crippen molar-refractivity contribution in [2.75, 3.05) is 13.7 Å². The minimum atomic E-state index is 0.799. The van der Waals surface area contributed by atoms with E-state index in [-0.39, 0.29) is 0 Å². The second-order valence-corrected chi connectivity index (χ2v) is 3.70. The average molecular weight is 142 g/mol. The van der Waals surface area contributed by atoms with Gasteiger partial charge >= 0.3 is 0 Å². The predicted molar refractivity (Wildman–Crippen MR) is 42.9 cm³/mol. The lowest BCUT2D eigenvalue weighted by Gasteiger charge is -2.18. The molecule has 1 fully saturated rings. The largest absolute Gasteiger partial charge is 0.384 e. The molecule has 1 aliphatic rings. The molecule has 1 rings (SSSR count). The van der Waals surface area contributed by atoms with Crippen molar-refractivity contribution in [1.82, 2.24) is 0 Å². The van der Waals surface area contributed by atoms with E-state index in [9.17, 15) is 0 Å². The van der Waals surface area contributed by atoms with Crippen LogP contribution in [0.25, 0.3) is 0 Å². The van der Waals surface area contributed by atoms with Crippen LogP contribution >= 0.6 is 0 Å². The Balaban J connectivity index is 2.26. The highest BCUT2D eigenvalue weighted by Gasteiger charge is 2.32.